The van der Waals surface area contributed by atoms with E-state index in [1.54, 1.807) is 42.5 Å². The molecule has 0 radical (unpaired) electrons. The van der Waals surface area contributed by atoms with Gasteiger partial charge in [0, 0.05) is 34.8 Å². The first-order valence-corrected chi connectivity index (χ1v) is 11.3. The van der Waals surface area contributed by atoms with Gasteiger partial charge in [-0.3, -0.25) is 4.72 Å². The van der Waals surface area contributed by atoms with Crippen LogP contribution in [0.3, 0.4) is 0 Å². The SMILES string of the molecule is NC(N)=NN=C(Cc1ccccc1)c1c[nH]c2ccc(NS(=O)(=O)c3ccccc3)cc12. The Morgan fingerprint density at radius 2 is 1.59 bits per heavy atom. The summed E-state index contributed by atoms with van der Waals surface area (Å²) in [4.78, 5) is 3.38. The Morgan fingerprint density at radius 3 is 2.28 bits per heavy atom. The molecule has 0 amide bonds. The lowest BCUT2D eigenvalue weighted by atomic mass is 10.0. The molecule has 0 aliphatic heterocycles. The molecule has 1 aromatic heterocycles. The molecule has 0 spiro atoms. The summed E-state index contributed by atoms with van der Waals surface area (Å²) in [6.45, 7) is 0. The molecule has 1 heterocycles. The molecule has 0 atom stereocenters. The average Bonchev–Trinajstić information content (AvgIpc) is 3.21. The van der Waals surface area contributed by atoms with Crippen molar-refractivity contribution in [2.75, 3.05) is 4.72 Å². The number of aromatic nitrogens is 1. The van der Waals surface area contributed by atoms with Crippen LogP contribution in [-0.4, -0.2) is 25.1 Å². The van der Waals surface area contributed by atoms with Gasteiger partial charge in [-0.05, 0) is 35.9 Å². The monoisotopic (exact) mass is 446 g/mol. The number of nitrogens with one attached hydrogen (secondary N) is 2. The zero-order chi connectivity index (χ0) is 22.6. The topological polar surface area (TPSA) is 139 Å². The molecule has 162 valence electrons. The Hall–Kier alpha value is -4.11. The van der Waals surface area contributed by atoms with Crippen molar-refractivity contribution in [3.05, 3.63) is 96.2 Å². The van der Waals surface area contributed by atoms with Crippen LogP contribution in [0.15, 0.2) is 100 Å². The van der Waals surface area contributed by atoms with Crippen molar-refractivity contribution in [3.8, 4) is 0 Å². The van der Waals surface area contributed by atoms with Gasteiger partial charge in [0.05, 0.1) is 10.6 Å². The van der Waals surface area contributed by atoms with Crippen LogP contribution in [0, 0.1) is 0 Å². The summed E-state index contributed by atoms with van der Waals surface area (Å²) in [6.07, 6.45) is 2.30. The lowest BCUT2D eigenvalue weighted by molar-refractivity contribution is 0.601. The first-order chi connectivity index (χ1) is 15.4. The van der Waals surface area contributed by atoms with Crippen LogP contribution in [0.2, 0.25) is 0 Å². The summed E-state index contributed by atoms with van der Waals surface area (Å²) in [6, 6.07) is 23.3. The van der Waals surface area contributed by atoms with Gasteiger partial charge in [-0.25, -0.2) is 8.42 Å². The minimum absolute atomic E-state index is 0.147. The molecule has 9 heteroatoms. The van der Waals surface area contributed by atoms with Crippen LogP contribution in [-0.2, 0) is 16.4 Å². The number of nitrogens with two attached hydrogens (primary N) is 2. The first kappa shape index (κ1) is 21.1. The fourth-order valence-electron chi connectivity index (χ4n) is 3.33. The predicted octanol–water partition coefficient (Wildman–Crippen LogP) is 3.19. The third kappa shape index (κ3) is 4.79. The molecule has 3 aromatic carbocycles. The zero-order valence-corrected chi connectivity index (χ0v) is 17.9. The Labute approximate surface area is 185 Å². The highest BCUT2D eigenvalue weighted by molar-refractivity contribution is 7.92. The minimum Gasteiger partial charge on any atom is -0.369 e. The minimum atomic E-state index is -3.71. The molecule has 0 fully saturated rings. The number of H-pyrrole nitrogens is 1. The van der Waals surface area contributed by atoms with Gasteiger partial charge in [0.1, 0.15) is 0 Å². The number of benzene rings is 3. The summed E-state index contributed by atoms with van der Waals surface area (Å²) in [5, 5.41) is 8.89. The van der Waals surface area contributed by atoms with Crippen LogP contribution in [0.5, 0.6) is 0 Å². The number of sulfonamides is 1. The number of hydrogen-bond donors (Lipinski definition) is 4. The molecule has 0 aliphatic carbocycles. The summed E-state index contributed by atoms with van der Waals surface area (Å²) >= 11 is 0. The van der Waals surface area contributed by atoms with Gasteiger partial charge in [0.2, 0.25) is 5.96 Å². The second-order valence-electron chi connectivity index (χ2n) is 7.12. The van der Waals surface area contributed by atoms with Gasteiger partial charge in [-0.1, -0.05) is 48.5 Å². The van der Waals surface area contributed by atoms with E-state index < -0.39 is 10.0 Å². The fraction of sp³-hybridized carbons (Fsp3) is 0.0435. The molecule has 0 bridgehead atoms. The van der Waals surface area contributed by atoms with Gasteiger partial charge in [0.15, 0.2) is 0 Å². The average molecular weight is 447 g/mol. The van der Waals surface area contributed by atoms with Crippen LogP contribution >= 0.6 is 0 Å². The van der Waals surface area contributed by atoms with Crippen molar-refractivity contribution < 1.29 is 8.42 Å². The van der Waals surface area contributed by atoms with Crippen molar-refractivity contribution in [3.63, 3.8) is 0 Å². The zero-order valence-electron chi connectivity index (χ0n) is 17.1. The fourth-order valence-corrected chi connectivity index (χ4v) is 4.40. The van der Waals surface area contributed by atoms with E-state index in [0.29, 0.717) is 17.8 Å². The highest BCUT2D eigenvalue weighted by atomic mass is 32.2. The van der Waals surface area contributed by atoms with Gasteiger partial charge in [0.25, 0.3) is 10.0 Å². The number of guanidine groups is 1. The van der Waals surface area contributed by atoms with Gasteiger partial charge in [-0.2, -0.15) is 5.10 Å². The van der Waals surface area contributed by atoms with Crippen LogP contribution in [0.1, 0.15) is 11.1 Å². The maximum atomic E-state index is 12.7. The van der Waals surface area contributed by atoms with E-state index in [0.717, 1.165) is 22.0 Å². The van der Waals surface area contributed by atoms with Crippen LogP contribution in [0.4, 0.5) is 5.69 Å². The number of fused-ring (bicyclic) bond motifs is 1. The summed E-state index contributed by atoms with van der Waals surface area (Å²) in [5.41, 5.74) is 14.7. The third-order valence-electron chi connectivity index (χ3n) is 4.80. The van der Waals surface area contributed by atoms with Crippen molar-refractivity contribution in [2.45, 2.75) is 11.3 Å². The molecule has 6 N–H and O–H groups in total. The molecule has 32 heavy (non-hydrogen) atoms. The van der Waals surface area contributed by atoms with Crippen LogP contribution in [0.25, 0.3) is 10.9 Å². The highest BCUT2D eigenvalue weighted by Gasteiger charge is 2.16. The molecular formula is C23H22N6O2S. The van der Waals surface area contributed by atoms with E-state index in [-0.39, 0.29) is 10.9 Å². The van der Waals surface area contributed by atoms with Gasteiger partial charge < -0.3 is 16.5 Å². The van der Waals surface area contributed by atoms with Gasteiger partial charge >= 0.3 is 0 Å². The van der Waals surface area contributed by atoms with Crippen LogP contribution < -0.4 is 16.2 Å². The Kier molecular flexibility index (Phi) is 5.91. The summed E-state index contributed by atoms with van der Waals surface area (Å²) < 4.78 is 28.1. The molecule has 4 rings (SSSR count). The van der Waals surface area contributed by atoms with Crippen molar-refractivity contribution in [2.24, 2.45) is 21.7 Å². The lowest BCUT2D eigenvalue weighted by Crippen LogP contribution is -2.22. The first-order valence-electron chi connectivity index (χ1n) is 9.81. The number of rotatable bonds is 7. The Morgan fingerprint density at radius 1 is 0.906 bits per heavy atom. The number of aromatic amines is 1. The standard InChI is InChI=1S/C23H22N6O2S/c24-23(25)28-27-22(13-16-7-3-1-4-8-16)20-15-26-21-12-11-17(14-19(20)21)29-32(30,31)18-9-5-2-6-10-18/h1-12,14-15,26,29H,13H2,(H4,24,25,28). The van der Waals surface area contributed by atoms with Crippen molar-refractivity contribution in [1.29, 1.82) is 0 Å². The molecule has 8 nitrogen and oxygen atoms in total. The second kappa shape index (κ2) is 8.94. The number of hydrogen-bond acceptors (Lipinski definition) is 4. The predicted molar refractivity (Wildman–Crippen MR) is 128 cm³/mol. The third-order valence-corrected chi connectivity index (χ3v) is 6.20. The quantitative estimate of drug-likeness (QED) is 0.197. The normalized spacial score (nSPS) is 11.9. The van der Waals surface area contributed by atoms with E-state index in [4.69, 9.17) is 11.5 Å². The van der Waals surface area contributed by atoms with E-state index in [1.165, 1.54) is 0 Å². The molecule has 0 saturated carbocycles. The largest absolute Gasteiger partial charge is 0.369 e. The maximum absolute atomic E-state index is 12.7. The molecule has 0 unspecified atom stereocenters. The van der Waals surface area contributed by atoms with E-state index >= 15 is 0 Å². The van der Waals surface area contributed by atoms with E-state index in [1.807, 2.05) is 42.6 Å². The lowest BCUT2D eigenvalue weighted by Gasteiger charge is -2.09. The van der Waals surface area contributed by atoms with Crippen molar-refractivity contribution in [1.82, 2.24) is 4.98 Å². The van der Waals surface area contributed by atoms with Gasteiger partial charge in [-0.15, -0.1) is 5.10 Å². The summed E-state index contributed by atoms with van der Waals surface area (Å²) in [7, 11) is -3.71. The number of nitrogens with zero attached hydrogens (tertiary/aromatic N) is 2. The van der Waals surface area contributed by atoms with E-state index in [2.05, 4.69) is 19.9 Å². The Balaban J connectivity index is 1.73. The maximum Gasteiger partial charge on any atom is 0.261 e. The Bertz CT molecular complexity index is 1390. The van der Waals surface area contributed by atoms with Crippen molar-refractivity contribution >= 4 is 38.3 Å². The second-order valence-corrected chi connectivity index (χ2v) is 8.80. The van der Waals surface area contributed by atoms with E-state index in [9.17, 15) is 8.42 Å². The molecule has 0 aliphatic rings. The summed E-state index contributed by atoms with van der Waals surface area (Å²) in [5.74, 6) is -0.147. The highest BCUT2D eigenvalue weighted by Crippen LogP contribution is 2.26. The molecule has 0 saturated heterocycles. The smallest absolute Gasteiger partial charge is 0.261 e. The molecular weight excluding hydrogens is 424 g/mol. The number of anilines is 1. The molecule has 4 aromatic rings.